The second-order valence-electron chi connectivity index (χ2n) is 7.95. The van der Waals surface area contributed by atoms with Crippen LogP contribution < -0.4 is 0 Å². The minimum Gasteiger partial charge on any atom is -0.466 e. The van der Waals surface area contributed by atoms with Crippen LogP contribution in [0.25, 0.3) is 11.1 Å². The third kappa shape index (κ3) is 7.37. The minimum atomic E-state index is -4.52. The smallest absolute Gasteiger partial charge is 0.416 e. The first-order valence-corrected chi connectivity index (χ1v) is 11.1. The number of likely N-dealkylation sites (N-methyl/N-ethyl adjacent to an activating group) is 1. The number of alkyl halides is 3. The second kappa shape index (κ2) is 11.6. The second-order valence-corrected chi connectivity index (χ2v) is 7.95. The Morgan fingerprint density at radius 2 is 1.89 bits per heavy atom. The number of rotatable bonds is 9. The first kappa shape index (κ1) is 25.9. The quantitative estimate of drug-likeness (QED) is 0.405. The Labute approximate surface area is 201 Å². The molecule has 3 aromatic rings. The summed E-state index contributed by atoms with van der Waals surface area (Å²) in [6, 6.07) is 10.6. The summed E-state index contributed by atoms with van der Waals surface area (Å²) < 4.78 is 45.5. The standard InChI is InChI=1S/C26H26F3N3O3/c1-3-32(25(34)14-23-6-4-5-10-31-23)17-21-13-22(26(27,28)29)7-8-24(21)20-12-19(15-30-16-20)9-11-35-18(2)33/h4-8,10,12-13,15-16H,3,9,11,14,17H2,1-2H3. The van der Waals surface area contributed by atoms with E-state index in [1.165, 1.54) is 17.9 Å². The summed E-state index contributed by atoms with van der Waals surface area (Å²) in [4.78, 5) is 33.8. The molecule has 0 aliphatic heterocycles. The third-order valence-corrected chi connectivity index (χ3v) is 5.39. The van der Waals surface area contributed by atoms with Gasteiger partial charge in [-0.1, -0.05) is 12.1 Å². The number of carbonyl (C=O) groups excluding carboxylic acids is 2. The van der Waals surface area contributed by atoms with Crippen LogP contribution in [-0.2, 0) is 39.9 Å². The summed E-state index contributed by atoms with van der Waals surface area (Å²) in [6.07, 6.45) is 0.715. The lowest BCUT2D eigenvalue weighted by Gasteiger charge is -2.23. The average molecular weight is 486 g/mol. The molecule has 0 unspecified atom stereocenters. The van der Waals surface area contributed by atoms with Crippen molar-refractivity contribution in [3.8, 4) is 11.1 Å². The van der Waals surface area contributed by atoms with E-state index in [0.29, 0.717) is 35.3 Å². The van der Waals surface area contributed by atoms with E-state index in [4.69, 9.17) is 4.74 Å². The molecule has 2 aromatic heterocycles. The first-order valence-electron chi connectivity index (χ1n) is 11.1. The van der Waals surface area contributed by atoms with Gasteiger partial charge in [0.15, 0.2) is 0 Å². The maximum absolute atomic E-state index is 13.5. The number of hydrogen-bond donors (Lipinski definition) is 0. The number of ether oxygens (including phenoxy) is 1. The monoisotopic (exact) mass is 485 g/mol. The Balaban J connectivity index is 1.92. The molecule has 35 heavy (non-hydrogen) atoms. The van der Waals surface area contributed by atoms with Crippen LogP contribution in [0, 0.1) is 0 Å². The summed E-state index contributed by atoms with van der Waals surface area (Å²) in [5, 5.41) is 0. The fraction of sp³-hybridized carbons (Fsp3) is 0.308. The number of pyridine rings is 2. The van der Waals surface area contributed by atoms with Crippen LogP contribution in [0.1, 0.15) is 36.2 Å². The maximum atomic E-state index is 13.5. The number of carbonyl (C=O) groups is 2. The lowest BCUT2D eigenvalue weighted by atomic mass is 9.96. The highest BCUT2D eigenvalue weighted by Crippen LogP contribution is 2.34. The maximum Gasteiger partial charge on any atom is 0.416 e. The van der Waals surface area contributed by atoms with Gasteiger partial charge in [-0.3, -0.25) is 19.6 Å². The largest absolute Gasteiger partial charge is 0.466 e. The fourth-order valence-electron chi connectivity index (χ4n) is 3.62. The Morgan fingerprint density at radius 1 is 1.09 bits per heavy atom. The van der Waals surface area contributed by atoms with Crippen LogP contribution >= 0.6 is 0 Å². The van der Waals surface area contributed by atoms with Crippen LogP contribution in [0.15, 0.2) is 61.1 Å². The van der Waals surface area contributed by atoms with E-state index in [1.807, 2.05) is 0 Å². The van der Waals surface area contributed by atoms with Crippen molar-refractivity contribution in [1.29, 1.82) is 0 Å². The molecule has 1 amide bonds. The minimum absolute atomic E-state index is 0.000897. The number of benzene rings is 1. The van der Waals surface area contributed by atoms with Gasteiger partial charge in [0.25, 0.3) is 0 Å². The topological polar surface area (TPSA) is 72.4 Å². The Hall–Kier alpha value is -3.75. The molecule has 0 fully saturated rings. The predicted molar refractivity (Wildman–Crippen MR) is 124 cm³/mol. The van der Waals surface area contributed by atoms with E-state index < -0.39 is 17.7 Å². The van der Waals surface area contributed by atoms with E-state index >= 15 is 0 Å². The van der Waals surface area contributed by atoms with E-state index in [-0.39, 0.29) is 25.5 Å². The van der Waals surface area contributed by atoms with Gasteiger partial charge >= 0.3 is 12.1 Å². The molecular formula is C26H26F3N3O3. The fourth-order valence-corrected chi connectivity index (χ4v) is 3.62. The molecule has 0 radical (unpaired) electrons. The molecule has 0 aliphatic carbocycles. The van der Waals surface area contributed by atoms with Crippen molar-refractivity contribution in [2.75, 3.05) is 13.2 Å². The van der Waals surface area contributed by atoms with Crippen LogP contribution in [0.5, 0.6) is 0 Å². The molecule has 2 heterocycles. The van der Waals surface area contributed by atoms with Crippen molar-refractivity contribution < 1.29 is 27.5 Å². The van der Waals surface area contributed by atoms with Gasteiger partial charge in [-0.2, -0.15) is 13.2 Å². The van der Waals surface area contributed by atoms with Gasteiger partial charge in [-0.05, 0) is 53.9 Å². The molecule has 0 atom stereocenters. The van der Waals surface area contributed by atoms with Gasteiger partial charge in [0.1, 0.15) is 0 Å². The lowest BCUT2D eigenvalue weighted by molar-refractivity contribution is -0.141. The molecule has 3 rings (SSSR count). The van der Waals surface area contributed by atoms with Crippen molar-refractivity contribution in [3.05, 3.63) is 83.4 Å². The summed E-state index contributed by atoms with van der Waals surface area (Å²) >= 11 is 0. The van der Waals surface area contributed by atoms with Crippen molar-refractivity contribution in [3.63, 3.8) is 0 Å². The average Bonchev–Trinajstić information content (AvgIpc) is 2.82. The van der Waals surface area contributed by atoms with E-state index in [2.05, 4.69) is 9.97 Å². The first-order chi connectivity index (χ1) is 16.7. The van der Waals surface area contributed by atoms with Crippen molar-refractivity contribution in [2.24, 2.45) is 0 Å². The lowest BCUT2D eigenvalue weighted by Crippen LogP contribution is -2.32. The number of esters is 1. The highest BCUT2D eigenvalue weighted by molar-refractivity contribution is 5.79. The molecular weight excluding hydrogens is 459 g/mol. The SMILES string of the molecule is CCN(Cc1cc(C(F)(F)F)ccc1-c1cncc(CCOC(C)=O)c1)C(=O)Cc1ccccn1. The van der Waals surface area contributed by atoms with Crippen LogP contribution in [-0.4, -0.2) is 39.9 Å². The molecule has 0 saturated heterocycles. The van der Waals surface area contributed by atoms with E-state index in [9.17, 15) is 22.8 Å². The molecule has 0 N–H and O–H groups in total. The normalized spacial score (nSPS) is 11.2. The number of halogens is 3. The van der Waals surface area contributed by atoms with Gasteiger partial charge in [0.2, 0.25) is 5.91 Å². The summed E-state index contributed by atoms with van der Waals surface area (Å²) in [6.45, 7) is 3.59. The van der Waals surface area contributed by atoms with Gasteiger partial charge in [-0.25, -0.2) is 0 Å². The van der Waals surface area contributed by atoms with Crippen LogP contribution in [0.4, 0.5) is 13.2 Å². The van der Waals surface area contributed by atoms with Crippen molar-refractivity contribution in [1.82, 2.24) is 14.9 Å². The Kier molecular flexibility index (Phi) is 8.57. The zero-order chi connectivity index (χ0) is 25.4. The molecule has 9 heteroatoms. The summed E-state index contributed by atoms with van der Waals surface area (Å²) in [7, 11) is 0. The third-order valence-electron chi connectivity index (χ3n) is 5.39. The number of amides is 1. The molecule has 1 aromatic carbocycles. The highest BCUT2D eigenvalue weighted by atomic mass is 19.4. The zero-order valence-electron chi connectivity index (χ0n) is 19.5. The molecule has 0 spiro atoms. The Bertz CT molecular complexity index is 1170. The number of aromatic nitrogens is 2. The van der Waals surface area contributed by atoms with E-state index in [1.54, 1.807) is 49.8 Å². The van der Waals surface area contributed by atoms with Gasteiger partial charge in [0.05, 0.1) is 18.6 Å². The molecule has 0 aliphatic rings. The van der Waals surface area contributed by atoms with Crippen LogP contribution in [0.2, 0.25) is 0 Å². The molecule has 6 nitrogen and oxygen atoms in total. The molecule has 0 bridgehead atoms. The Morgan fingerprint density at radius 3 is 2.54 bits per heavy atom. The zero-order valence-corrected chi connectivity index (χ0v) is 19.5. The summed E-state index contributed by atoms with van der Waals surface area (Å²) in [5.74, 6) is -0.628. The van der Waals surface area contributed by atoms with Crippen LogP contribution in [0.3, 0.4) is 0 Å². The summed E-state index contributed by atoms with van der Waals surface area (Å²) in [5.41, 5.74) is 2.09. The number of hydrogen-bond acceptors (Lipinski definition) is 5. The van der Waals surface area contributed by atoms with Crippen molar-refractivity contribution in [2.45, 2.75) is 39.4 Å². The van der Waals surface area contributed by atoms with Gasteiger partial charge in [-0.15, -0.1) is 0 Å². The number of nitrogens with zero attached hydrogens (tertiary/aromatic N) is 3. The van der Waals surface area contributed by atoms with Gasteiger partial charge < -0.3 is 9.64 Å². The highest BCUT2D eigenvalue weighted by Gasteiger charge is 2.31. The predicted octanol–water partition coefficient (Wildman–Crippen LogP) is 4.86. The van der Waals surface area contributed by atoms with E-state index in [0.717, 1.165) is 17.7 Å². The molecule has 0 saturated carbocycles. The van der Waals surface area contributed by atoms with Crippen molar-refractivity contribution >= 4 is 11.9 Å². The van der Waals surface area contributed by atoms with Gasteiger partial charge in [0, 0.05) is 56.3 Å². The molecule has 184 valence electrons.